The van der Waals surface area contributed by atoms with Gasteiger partial charge in [-0.2, -0.15) is 0 Å². The van der Waals surface area contributed by atoms with E-state index in [-0.39, 0.29) is 10.7 Å². The molecule has 8 nitrogen and oxygen atoms in total. The minimum Gasteiger partial charge on any atom is -0.451 e. The van der Waals surface area contributed by atoms with E-state index in [2.05, 4.69) is 15.0 Å². The van der Waals surface area contributed by atoms with Crippen molar-refractivity contribution in [2.75, 3.05) is 6.54 Å². The van der Waals surface area contributed by atoms with Crippen LogP contribution in [0.25, 0.3) is 0 Å². The van der Waals surface area contributed by atoms with Gasteiger partial charge in [-0.25, -0.2) is 8.42 Å². The third kappa shape index (κ3) is 5.36. The minimum absolute atomic E-state index is 0.0515. The first-order chi connectivity index (χ1) is 14.6. The predicted octanol–water partition coefficient (Wildman–Crippen LogP) is 2.84. The van der Waals surface area contributed by atoms with Gasteiger partial charge in [-0.1, -0.05) is 41.4 Å². The van der Waals surface area contributed by atoms with Crippen molar-refractivity contribution in [3.05, 3.63) is 63.6 Å². The van der Waals surface area contributed by atoms with Crippen LogP contribution in [0.3, 0.4) is 0 Å². The van der Waals surface area contributed by atoms with Crippen molar-refractivity contribution < 1.29 is 22.7 Å². The molecule has 2 unspecified atom stereocenters. The number of hydrogen-bond donors (Lipinski definition) is 2. The van der Waals surface area contributed by atoms with Crippen LogP contribution in [0.1, 0.15) is 31.0 Å². The molecule has 2 N–H and O–H groups in total. The van der Waals surface area contributed by atoms with E-state index in [9.17, 15) is 18.0 Å². The van der Waals surface area contributed by atoms with Crippen LogP contribution in [0.5, 0.6) is 0 Å². The number of amides is 1. The smallest absolute Gasteiger partial charge is 0.328 e. The van der Waals surface area contributed by atoms with Gasteiger partial charge >= 0.3 is 5.97 Å². The molecule has 0 saturated carbocycles. The maximum atomic E-state index is 12.4. The summed E-state index contributed by atoms with van der Waals surface area (Å²) >= 11 is 12.0. The molecule has 0 aliphatic carbocycles. The number of rotatable bonds is 6. The zero-order valence-electron chi connectivity index (χ0n) is 16.6. The molecule has 0 saturated heterocycles. The van der Waals surface area contributed by atoms with Crippen molar-refractivity contribution in [1.29, 1.82) is 0 Å². The second-order valence-electron chi connectivity index (χ2n) is 6.79. The molecular formula is C20H19Cl2N3O5S. The van der Waals surface area contributed by atoms with Crippen LogP contribution in [-0.4, -0.2) is 38.8 Å². The van der Waals surface area contributed by atoms with Crippen molar-refractivity contribution >= 4 is 50.9 Å². The maximum Gasteiger partial charge on any atom is 0.328 e. The summed E-state index contributed by atoms with van der Waals surface area (Å²) in [7, 11) is -3.70. The third-order valence-electron chi connectivity index (χ3n) is 4.49. The van der Waals surface area contributed by atoms with Crippen molar-refractivity contribution in [1.82, 2.24) is 10.0 Å². The standard InChI is InChI=1S/C20H19Cl2N3O5S/c1-11(14-8-7-13(21)9-16(14)22)24-20(27)12(2)30-18(26)10-23-19-15-5-3-4-6-17(15)31(28,29)25-19/h3-9,11-12H,10H2,1-2H3,(H,23,25)(H,24,27). The fourth-order valence-electron chi connectivity index (χ4n) is 2.94. The van der Waals surface area contributed by atoms with E-state index in [0.717, 1.165) is 0 Å². The van der Waals surface area contributed by atoms with Crippen molar-refractivity contribution in [3.8, 4) is 0 Å². The highest BCUT2D eigenvalue weighted by atomic mass is 35.5. The topological polar surface area (TPSA) is 114 Å². The van der Waals surface area contributed by atoms with Gasteiger partial charge in [-0.15, -0.1) is 0 Å². The summed E-state index contributed by atoms with van der Waals surface area (Å²) < 4.78 is 31.5. The van der Waals surface area contributed by atoms with Crippen molar-refractivity contribution in [2.24, 2.45) is 4.99 Å². The lowest BCUT2D eigenvalue weighted by Gasteiger charge is -2.19. The second kappa shape index (κ2) is 9.25. The van der Waals surface area contributed by atoms with Gasteiger partial charge in [0.1, 0.15) is 12.4 Å². The van der Waals surface area contributed by atoms with E-state index in [1.165, 1.54) is 13.0 Å². The summed E-state index contributed by atoms with van der Waals surface area (Å²) in [6.07, 6.45) is -1.09. The number of carbonyl (C=O) groups excluding carboxylic acids is 2. The lowest BCUT2D eigenvalue weighted by molar-refractivity contribution is -0.153. The van der Waals surface area contributed by atoms with E-state index >= 15 is 0 Å². The molecular weight excluding hydrogens is 465 g/mol. The van der Waals surface area contributed by atoms with Crippen LogP contribution >= 0.6 is 23.2 Å². The van der Waals surface area contributed by atoms with Gasteiger partial charge < -0.3 is 10.1 Å². The summed E-state index contributed by atoms with van der Waals surface area (Å²) in [6.45, 7) is 2.70. The lowest BCUT2D eigenvalue weighted by Crippen LogP contribution is -2.37. The summed E-state index contributed by atoms with van der Waals surface area (Å²) in [5, 5.41) is 3.59. The molecule has 0 aromatic heterocycles. The normalized spacial score (nSPS) is 17.4. The molecule has 2 atom stereocenters. The fraction of sp³-hybridized carbons (Fsp3) is 0.250. The molecule has 11 heteroatoms. The number of fused-ring (bicyclic) bond motifs is 1. The second-order valence-corrected chi connectivity index (χ2v) is 9.29. The van der Waals surface area contributed by atoms with Gasteiger partial charge in [0, 0.05) is 15.6 Å². The number of hydrogen-bond acceptors (Lipinski definition) is 6. The first-order valence-corrected chi connectivity index (χ1v) is 11.4. The first-order valence-electron chi connectivity index (χ1n) is 9.20. The van der Waals surface area contributed by atoms with Crippen molar-refractivity contribution in [3.63, 3.8) is 0 Å². The number of amidine groups is 1. The molecule has 0 bridgehead atoms. The number of ether oxygens (including phenoxy) is 1. The highest BCUT2D eigenvalue weighted by molar-refractivity contribution is 7.90. The average Bonchev–Trinajstić information content (AvgIpc) is 2.96. The van der Waals surface area contributed by atoms with Crippen LogP contribution in [-0.2, 0) is 24.3 Å². The number of carbonyl (C=O) groups is 2. The van der Waals surface area contributed by atoms with Crippen molar-refractivity contribution in [2.45, 2.75) is 30.9 Å². The average molecular weight is 484 g/mol. The summed E-state index contributed by atoms with van der Waals surface area (Å²) in [4.78, 5) is 28.6. The number of esters is 1. The zero-order chi connectivity index (χ0) is 22.8. The Morgan fingerprint density at radius 1 is 1.16 bits per heavy atom. The minimum atomic E-state index is -3.70. The number of halogens is 2. The Morgan fingerprint density at radius 2 is 1.87 bits per heavy atom. The lowest BCUT2D eigenvalue weighted by atomic mass is 10.1. The summed E-state index contributed by atoms with van der Waals surface area (Å²) in [5.41, 5.74) is 1.03. The fourth-order valence-corrected chi connectivity index (χ4v) is 4.77. The molecule has 1 aliphatic rings. The number of sulfonamides is 1. The Labute approximate surface area is 189 Å². The van der Waals surface area contributed by atoms with Gasteiger partial charge in [0.25, 0.3) is 15.9 Å². The van der Waals surface area contributed by atoms with E-state index in [1.807, 2.05) is 0 Å². The van der Waals surface area contributed by atoms with Crippen LogP contribution < -0.4 is 10.0 Å². The van der Waals surface area contributed by atoms with E-state index < -0.39 is 40.6 Å². The maximum absolute atomic E-state index is 12.4. The first kappa shape index (κ1) is 23.1. The van der Waals surface area contributed by atoms with E-state index in [0.29, 0.717) is 21.2 Å². The van der Waals surface area contributed by atoms with Crippen LogP contribution in [0, 0.1) is 0 Å². The largest absolute Gasteiger partial charge is 0.451 e. The van der Waals surface area contributed by atoms with Gasteiger partial charge in [0.05, 0.1) is 10.9 Å². The molecule has 1 heterocycles. The van der Waals surface area contributed by atoms with Gasteiger partial charge in [0.15, 0.2) is 6.10 Å². The Bertz CT molecular complexity index is 1170. The van der Waals surface area contributed by atoms with Crippen LogP contribution in [0.15, 0.2) is 52.4 Å². The Hall–Kier alpha value is -2.62. The number of aliphatic imine (C=N–C) groups is 1. The predicted molar refractivity (Wildman–Crippen MR) is 117 cm³/mol. The molecule has 164 valence electrons. The molecule has 2 aromatic carbocycles. The van der Waals surface area contributed by atoms with Crippen LogP contribution in [0.2, 0.25) is 10.0 Å². The molecule has 0 spiro atoms. The number of nitrogens with one attached hydrogen (secondary N) is 2. The van der Waals surface area contributed by atoms with Gasteiger partial charge in [0.2, 0.25) is 0 Å². The van der Waals surface area contributed by atoms with E-state index in [1.54, 1.807) is 43.3 Å². The van der Waals surface area contributed by atoms with E-state index in [4.69, 9.17) is 27.9 Å². The zero-order valence-corrected chi connectivity index (χ0v) is 18.9. The number of nitrogens with zero attached hydrogens (tertiary/aromatic N) is 1. The highest BCUT2D eigenvalue weighted by Gasteiger charge is 2.30. The quantitative estimate of drug-likeness (QED) is 0.613. The van der Waals surface area contributed by atoms with Gasteiger partial charge in [-0.3, -0.25) is 19.3 Å². The third-order valence-corrected chi connectivity index (χ3v) is 6.45. The Kier molecular flexibility index (Phi) is 6.88. The molecule has 2 aromatic rings. The Balaban J connectivity index is 1.58. The van der Waals surface area contributed by atoms with Gasteiger partial charge in [-0.05, 0) is 43.7 Å². The highest BCUT2D eigenvalue weighted by Crippen LogP contribution is 2.26. The molecule has 1 aliphatic heterocycles. The number of benzene rings is 2. The molecule has 0 radical (unpaired) electrons. The molecule has 31 heavy (non-hydrogen) atoms. The summed E-state index contributed by atoms with van der Waals surface area (Å²) in [5.74, 6) is -1.25. The Morgan fingerprint density at radius 3 is 2.58 bits per heavy atom. The van der Waals surface area contributed by atoms with Crippen LogP contribution in [0.4, 0.5) is 0 Å². The molecule has 1 amide bonds. The molecule has 3 rings (SSSR count). The SMILES string of the molecule is CC(OC(=O)CN=C1NS(=O)(=O)c2ccccc21)C(=O)NC(C)c1ccc(Cl)cc1Cl. The molecule has 0 fully saturated rings. The summed E-state index contributed by atoms with van der Waals surface area (Å²) in [6, 6.07) is 10.8. The monoisotopic (exact) mass is 483 g/mol.